The highest BCUT2D eigenvalue weighted by Gasteiger charge is 2.45. The number of benzene rings is 1. The molecule has 1 aliphatic heterocycles. The molecule has 0 N–H and O–H groups in total. The van der Waals surface area contributed by atoms with Gasteiger partial charge in [-0.2, -0.15) is 0 Å². The largest absolute Gasteiger partial charge is 0.330 e. The molecule has 90 valence electrons. The van der Waals surface area contributed by atoms with Crippen LogP contribution in [0.3, 0.4) is 0 Å². The first-order chi connectivity index (χ1) is 8.00. The van der Waals surface area contributed by atoms with Crippen LogP contribution in [0.1, 0.15) is 11.1 Å². The number of likely N-dealkylation sites (tertiary alicyclic amines) is 1. The quantitative estimate of drug-likeness (QED) is 0.790. The summed E-state index contributed by atoms with van der Waals surface area (Å²) in [5.41, 5.74) is 1.80. The van der Waals surface area contributed by atoms with Crippen LogP contribution in [0.5, 0.6) is 0 Å². The first kappa shape index (κ1) is 11.8. The summed E-state index contributed by atoms with van der Waals surface area (Å²) in [4.78, 5) is 12.8. The van der Waals surface area contributed by atoms with E-state index in [1.807, 2.05) is 24.3 Å². The zero-order valence-electron chi connectivity index (χ0n) is 9.33. The SMILES string of the molecule is C=Cc1ccc(CC(=O)N2CC(F)(F)C2)cc1. The van der Waals surface area contributed by atoms with E-state index in [4.69, 9.17) is 0 Å². The molecule has 2 rings (SSSR count). The third-order valence-electron chi connectivity index (χ3n) is 2.77. The van der Waals surface area contributed by atoms with Crippen molar-refractivity contribution in [1.82, 2.24) is 4.90 Å². The van der Waals surface area contributed by atoms with Crippen molar-refractivity contribution < 1.29 is 13.6 Å². The molecular weight excluding hydrogens is 224 g/mol. The Balaban J connectivity index is 1.92. The molecule has 1 aromatic carbocycles. The van der Waals surface area contributed by atoms with E-state index >= 15 is 0 Å². The summed E-state index contributed by atoms with van der Waals surface area (Å²) in [7, 11) is 0. The van der Waals surface area contributed by atoms with Gasteiger partial charge in [0, 0.05) is 0 Å². The van der Waals surface area contributed by atoms with Crippen molar-refractivity contribution in [2.75, 3.05) is 13.1 Å². The van der Waals surface area contributed by atoms with Crippen LogP contribution in [0.25, 0.3) is 6.08 Å². The summed E-state index contributed by atoms with van der Waals surface area (Å²) in [6.45, 7) is 2.73. The zero-order valence-corrected chi connectivity index (χ0v) is 9.33. The Bertz CT molecular complexity index is 431. The Labute approximate surface area is 98.5 Å². The van der Waals surface area contributed by atoms with E-state index < -0.39 is 19.0 Å². The Morgan fingerprint density at radius 3 is 2.41 bits per heavy atom. The number of rotatable bonds is 3. The molecule has 0 aromatic heterocycles. The van der Waals surface area contributed by atoms with Crippen LogP contribution < -0.4 is 0 Å². The van der Waals surface area contributed by atoms with E-state index in [-0.39, 0.29) is 12.3 Å². The van der Waals surface area contributed by atoms with Gasteiger partial charge in [-0.1, -0.05) is 36.9 Å². The number of hydrogen-bond donors (Lipinski definition) is 0. The number of carbonyl (C=O) groups excluding carboxylic acids is 1. The van der Waals surface area contributed by atoms with Gasteiger partial charge < -0.3 is 4.90 Å². The fraction of sp³-hybridized carbons (Fsp3) is 0.308. The molecule has 1 fully saturated rings. The number of hydrogen-bond acceptors (Lipinski definition) is 1. The highest BCUT2D eigenvalue weighted by atomic mass is 19.3. The summed E-state index contributed by atoms with van der Waals surface area (Å²) < 4.78 is 25.2. The standard InChI is InChI=1S/C13H13F2NO/c1-2-10-3-5-11(6-4-10)7-12(17)16-8-13(14,15)9-16/h2-6H,1,7-9H2. The molecule has 1 amide bonds. The van der Waals surface area contributed by atoms with Crippen LogP contribution >= 0.6 is 0 Å². The second kappa shape index (κ2) is 4.28. The number of nitrogens with zero attached hydrogens (tertiary/aromatic N) is 1. The Morgan fingerprint density at radius 2 is 1.94 bits per heavy atom. The Morgan fingerprint density at radius 1 is 1.35 bits per heavy atom. The summed E-state index contributed by atoms with van der Waals surface area (Å²) in [5.74, 6) is -2.94. The van der Waals surface area contributed by atoms with Crippen molar-refractivity contribution in [3.63, 3.8) is 0 Å². The van der Waals surface area contributed by atoms with Gasteiger partial charge in [0.1, 0.15) is 0 Å². The van der Waals surface area contributed by atoms with Crippen LogP contribution in [0, 0.1) is 0 Å². The number of amides is 1. The average molecular weight is 237 g/mol. The van der Waals surface area contributed by atoms with E-state index in [9.17, 15) is 13.6 Å². The molecule has 4 heteroatoms. The van der Waals surface area contributed by atoms with Crippen molar-refractivity contribution in [1.29, 1.82) is 0 Å². The van der Waals surface area contributed by atoms with E-state index in [1.165, 1.54) is 4.90 Å². The van der Waals surface area contributed by atoms with Crippen LogP contribution in [0.15, 0.2) is 30.8 Å². The monoisotopic (exact) mass is 237 g/mol. The molecule has 1 aromatic rings. The van der Waals surface area contributed by atoms with Crippen LogP contribution in [-0.2, 0) is 11.2 Å². The Kier molecular flexibility index (Phi) is 2.96. The number of alkyl halides is 2. The fourth-order valence-corrected chi connectivity index (χ4v) is 1.75. The van der Waals surface area contributed by atoms with Gasteiger partial charge in [0.2, 0.25) is 5.91 Å². The Hall–Kier alpha value is -1.71. The lowest BCUT2D eigenvalue weighted by atomic mass is 10.1. The highest BCUT2D eigenvalue weighted by molar-refractivity contribution is 5.79. The molecule has 0 saturated carbocycles. The van der Waals surface area contributed by atoms with Crippen molar-refractivity contribution in [3.8, 4) is 0 Å². The summed E-state index contributed by atoms with van der Waals surface area (Å²) >= 11 is 0. The van der Waals surface area contributed by atoms with Gasteiger partial charge in [0.05, 0.1) is 19.5 Å². The maximum absolute atomic E-state index is 12.6. The highest BCUT2D eigenvalue weighted by Crippen LogP contribution is 2.27. The minimum Gasteiger partial charge on any atom is -0.330 e. The third kappa shape index (κ3) is 2.70. The summed E-state index contributed by atoms with van der Waals surface area (Å²) in [6.07, 6.45) is 1.88. The molecule has 2 nitrogen and oxygen atoms in total. The fourth-order valence-electron chi connectivity index (χ4n) is 1.75. The number of halogens is 2. The van der Waals surface area contributed by atoms with E-state index in [0.717, 1.165) is 11.1 Å². The minimum atomic E-state index is -2.69. The second-order valence-electron chi connectivity index (χ2n) is 4.23. The molecule has 0 atom stereocenters. The third-order valence-corrected chi connectivity index (χ3v) is 2.77. The van der Waals surface area contributed by atoms with Crippen molar-refractivity contribution >= 4 is 12.0 Å². The summed E-state index contributed by atoms with van der Waals surface area (Å²) in [6, 6.07) is 7.32. The lowest BCUT2D eigenvalue weighted by Crippen LogP contribution is -2.58. The predicted molar refractivity (Wildman–Crippen MR) is 61.8 cm³/mol. The van der Waals surface area contributed by atoms with Crippen molar-refractivity contribution in [3.05, 3.63) is 42.0 Å². The molecule has 0 unspecified atom stereocenters. The molecule has 1 saturated heterocycles. The molecule has 0 bridgehead atoms. The molecular formula is C13H13F2NO. The molecule has 0 spiro atoms. The van der Waals surface area contributed by atoms with Gasteiger partial charge in [-0.15, -0.1) is 0 Å². The van der Waals surface area contributed by atoms with Gasteiger partial charge in [0.15, 0.2) is 0 Å². The molecule has 0 aliphatic carbocycles. The molecule has 0 radical (unpaired) electrons. The van der Waals surface area contributed by atoms with Crippen molar-refractivity contribution in [2.24, 2.45) is 0 Å². The van der Waals surface area contributed by atoms with Crippen LogP contribution in [-0.4, -0.2) is 29.8 Å². The van der Waals surface area contributed by atoms with Crippen LogP contribution in [0.4, 0.5) is 8.78 Å². The predicted octanol–water partition coefficient (Wildman–Crippen LogP) is 2.35. The number of carbonyl (C=O) groups is 1. The van der Waals surface area contributed by atoms with Gasteiger partial charge in [-0.3, -0.25) is 4.79 Å². The van der Waals surface area contributed by atoms with Gasteiger partial charge >= 0.3 is 0 Å². The lowest BCUT2D eigenvalue weighted by Gasteiger charge is -2.38. The van der Waals surface area contributed by atoms with Gasteiger partial charge in [-0.25, -0.2) is 8.78 Å². The molecule has 17 heavy (non-hydrogen) atoms. The lowest BCUT2D eigenvalue weighted by molar-refractivity contribution is -0.165. The maximum atomic E-state index is 12.6. The molecule has 1 aliphatic rings. The first-order valence-electron chi connectivity index (χ1n) is 5.37. The maximum Gasteiger partial charge on any atom is 0.282 e. The average Bonchev–Trinajstić information content (AvgIpc) is 2.26. The van der Waals surface area contributed by atoms with Crippen molar-refractivity contribution in [2.45, 2.75) is 12.3 Å². The van der Waals surface area contributed by atoms with E-state index in [2.05, 4.69) is 6.58 Å². The van der Waals surface area contributed by atoms with Gasteiger partial charge in [-0.05, 0) is 11.1 Å². The first-order valence-corrected chi connectivity index (χ1v) is 5.37. The summed E-state index contributed by atoms with van der Waals surface area (Å²) in [5, 5.41) is 0. The van der Waals surface area contributed by atoms with E-state index in [1.54, 1.807) is 6.08 Å². The normalized spacial score (nSPS) is 17.4. The zero-order chi connectivity index (χ0) is 12.5. The second-order valence-corrected chi connectivity index (χ2v) is 4.23. The van der Waals surface area contributed by atoms with E-state index in [0.29, 0.717) is 0 Å². The topological polar surface area (TPSA) is 20.3 Å². The smallest absolute Gasteiger partial charge is 0.282 e. The van der Waals surface area contributed by atoms with Gasteiger partial charge in [0.25, 0.3) is 5.92 Å². The van der Waals surface area contributed by atoms with Crippen LogP contribution in [0.2, 0.25) is 0 Å². The molecule has 1 heterocycles. The minimum absolute atomic E-state index is 0.174.